The Hall–Kier alpha value is -2.54. The van der Waals surface area contributed by atoms with Gasteiger partial charge in [0.15, 0.2) is 0 Å². The van der Waals surface area contributed by atoms with Gasteiger partial charge in [0.2, 0.25) is 10.0 Å². The molecular formula is C18H22N2O4S. The third-order valence-corrected chi connectivity index (χ3v) is 4.59. The standard InChI is InChI=1S/C18H22N2O4S/c1-4-25(22,23)20-16-7-5-14(6-8-16)18(21)19-15-9-11-17(12-10-15)24-13(2)3/h5-13,20H,4H2,1-3H3,(H,19,21). The van der Waals surface area contributed by atoms with Crippen LogP contribution in [0, 0.1) is 0 Å². The molecule has 1 amide bonds. The Bertz CT molecular complexity index is 813. The van der Waals surface area contributed by atoms with Gasteiger partial charge in [0.25, 0.3) is 5.91 Å². The maximum atomic E-state index is 12.2. The number of hydrogen-bond acceptors (Lipinski definition) is 4. The first-order valence-corrected chi connectivity index (χ1v) is 9.63. The van der Waals surface area contributed by atoms with Crippen LogP contribution in [-0.4, -0.2) is 26.2 Å². The molecule has 2 aromatic carbocycles. The van der Waals surface area contributed by atoms with Crippen LogP contribution < -0.4 is 14.8 Å². The maximum absolute atomic E-state index is 12.2. The fourth-order valence-corrected chi connectivity index (χ4v) is 2.67. The van der Waals surface area contributed by atoms with Crippen molar-refractivity contribution >= 4 is 27.3 Å². The lowest BCUT2D eigenvalue weighted by Crippen LogP contribution is -2.15. The Morgan fingerprint density at radius 3 is 2.08 bits per heavy atom. The van der Waals surface area contributed by atoms with Crippen molar-refractivity contribution in [1.29, 1.82) is 0 Å². The molecule has 0 aliphatic heterocycles. The van der Waals surface area contributed by atoms with E-state index in [9.17, 15) is 13.2 Å². The lowest BCUT2D eigenvalue weighted by atomic mass is 10.2. The van der Waals surface area contributed by atoms with Crippen LogP contribution in [0.5, 0.6) is 5.75 Å². The van der Waals surface area contributed by atoms with Gasteiger partial charge in [-0.2, -0.15) is 0 Å². The summed E-state index contributed by atoms with van der Waals surface area (Å²) in [6.07, 6.45) is 0.0871. The Balaban J connectivity index is 2.01. The van der Waals surface area contributed by atoms with Crippen LogP contribution in [0.15, 0.2) is 48.5 Å². The van der Waals surface area contributed by atoms with Crippen LogP contribution in [-0.2, 0) is 10.0 Å². The molecular weight excluding hydrogens is 340 g/mol. The second-order valence-electron chi connectivity index (χ2n) is 5.73. The quantitative estimate of drug-likeness (QED) is 0.790. The monoisotopic (exact) mass is 362 g/mol. The second-order valence-corrected chi connectivity index (χ2v) is 7.74. The Morgan fingerprint density at radius 2 is 1.56 bits per heavy atom. The van der Waals surface area contributed by atoms with E-state index in [0.29, 0.717) is 16.9 Å². The smallest absolute Gasteiger partial charge is 0.255 e. The zero-order valence-electron chi connectivity index (χ0n) is 14.4. The molecule has 2 N–H and O–H groups in total. The highest BCUT2D eigenvalue weighted by molar-refractivity contribution is 7.92. The fourth-order valence-electron chi connectivity index (χ4n) is 2.03. The minimum atomic E-state index is -3.33. The van der Waals surface area contributed by atoms with Gasteiger partial charge >= 0.3 is 0 Å². The molecule has 0 spiro atoms. The predicted octanol–water partition coefficient (Wildman–Crippen LogP) is 3.49. The number of nitrogens with one attached hydrogen (secondary N) is 2. The molecule has 0 saturated carbocycles. The largest absolute Gasteiger partial charge is 0.491 e. The number of amides is 1. The van der Waals surface area contributed by atoms with E-state index >= 15 is 0 Å². The number of ether oxygens (including phenoxy) is 1. The summed E-state index contributed by atoms with van der Waals surface area (Å²) >= 11 is 0. The van der Waals surface area contributed by atoms with Crippen molar-refractivity contribution < 1.29 is 17.9 Å². The van der Waals surface area contributed by atoms with Gasteiger partial charge in [0.05, 0.1) is 11.9 Å². The number of anilines is 2. The van der Waals surface area contributed by atoms with Crippen molar-refractivity contribution in [1.82, 2.24) is 0 Å². The molecule has 2 rings (SSSR count). The van der Waals surface area contributed by atoms with E-state index in [2.05, 4.69) is 10.0 Å². The first kappa shape index (κ1) is 18.8. The number of sulfonamides is 1. The number of rotatable bonds is 7. The second kappa shape index (κ2) is 8.02. The molecule has 0 saturated heterocycles. The third-order valence-electron chi connectivity index (χ3n) is 3.28. The molecule has 0 fully saturated rings. The van der Waals surface area contributed by atoms with Crippen molar-refractivity contribution in [2.24, 2.45) is 0 Å². The molecule has 0 radical (unpaired) electrons. The first-order valence-electron chi connectivity index (χ1n) is 7.97. The number of carbonyl (C=O) groups is 1. The minimum absolute atomic E-state index is 0.00818. The van der Waals surface area contributed by atoms with Crippen LogP contribution in [0.2, 0.25) is 0 Å². The summed E-state index contributed by atoms with van der Waals surface area (Å²) in [6, 6.07) is 13.4. The Labute approximate surface area is 148 Å². The van der Waals surface area contributed by atoms with Gasteiger partial charge in [-0.3, -0.25) is 9.52 Å². The van der Waals surface area contributed by atoms with Gasteiger partial charge in [-0.25, -0.2) is 8.42 Å². The molecule has 6 nitrogen and oxygen atoms in total. The van der Waals surface area contributed by atoms with Crippen LogP contribution >= 0.6 is 0 Å². The summed E-state index contributed by atoms with van der Waals surface area (Å²) in [5.41, 5.74) is 1.51. The number of carbonyl (C=O) groups excluding carboxylic acids is 1. The molecule has 134 valence electrons. The third kappa shape index (κ3) is 5.79. The Kier molecular flexibility index (Phi) is 6.03. The lowest BCUT2D eigenvalue weighted by Gasteiger charge is -2.11. The van der Waals surface area contributed by atoms with E-state index in [1.54, 1.807) is 55.5 Å². The van der Waals surface area contributed by atoms with Crippen LogP contribution in [0.25, 0.3) is 0 Å². The van der Waals surface area contributed by atoms with E-state index in [4.69, 9.17) is 4.74 Å². The maximum Gasteiger partial charge on any atom is 0.255 e. The molecule has 0 aliphatic carbocycles. The topological polar surface area (TPSA) is 84.5 Å². The van der Waals surface area contributed by atoms with E-state index in [1.165, 1.54) is 0 Å². The summed E-state index contributed by atoms with van der Waals surface area (Å²) in [7, 11) is -3.33. The average Bonchev–Trinajstić information content (AvgIpc) is 2.56. The van der Waals surface area contributed by atoms with E-state index in [1.807, 2.05) is 13.8 Å². The molecule has 0 aliphatic rings. The van der Waals surface area contributed by atoms with E-state index < -0.39 is 10.0 Å². The summed E-state index contributed by atoms with van der Waals surface area (Å²) < 4.78 is 31.0. The number of hydrogen-bond donors (Lipinski definition) is 2. The predicted molar refractivity (Wildman–Crippen MR) is 99.7 cm³/mol. The number of benzene rings is 2. The van der Waals surface area contributed by atoms with Gasteiger partial charge in [0, 0.05) is 16.9 Å². The average molecular weight is 362 g/mol. The summed E-state index contributed by atoms with van der Waals surface area (Å²) in [5.74, 6) is 0.453. The van der Waals surface area contributed by atoms with Gasteiger partial charge in [-0.1, -0.05) is 0 Å². The minimum Gasteiger partial charge on any atom is -0.491 e. The zero-order chi connectivity index (χ0) is 18.4. The molecule has 0 heterocycles. The molecule has 0 unspecified atom stereocenters. The molecule has 2 aromatic rings. The summed E-state index contributed by atoms with van der Waals surface area (Å²) in [5, 5.41) is 2.78. The van der Waals surface area contributed by atoms with Crippen molar-refractivity contribution in [2.75, 3.05) is 15.8 Å². The Morgan fingerprint density at radius 1 is 1.00 bits per heavy atom. The molecule has 25 heavy (non-hydrogen) atoms. The van der Waals surface area contributed by atoms with Gasteiger partial charge in [0.1, 0.15) is 5.75 Å². The highest BCUT2D eigenvalue weighted by Crippen LogP contribution is 2.18. The van der Waals surface area contributed by atoms with Crippen LogP contribution in [0.3, 0.4) is 0 Å². The van der Waals surface area contributed by atoms with Gasteiger partial charge < -0.3 is 10.1 Å². The van der Waals surface area contributed by atoms with E-state index in [-0.39, 0.29) is 17.8 Å². The highest BCUT2D eigenvalue weighted by Gasteiger charge is 2.09. The molecule has 0 aromatic heterocycles. The molecule has 7 heteroatoms. The summed E-state index contributed by atoms with van der Waals surface area (Å²) in [6.45, 7) is 5.45. The van der Waals surface area contributed by atoms with Crippen LogP contribution in [0.1, 0.15) is 31.1 Å². The normalized spacial score (nSPS) is 11.2. The first-order chi connectivity index (χ1) is 11.8. The van der Waals surface area contributed by atoms with Crippen molar-refractivity contribution in [3.8, 4) is 5.75 Å². The lowest BCUT2D eigenvalue weighted by molar-refractivity contribution is 0.102. The van der Waals surface area contributed by atoms with Crippen molar-refractivity contribution in [3.63, 3.8) is 0 Å². The van der Waals surface area contributed by atoms with Crippen molar-refractivity contribution in [2.45, 2.75) is 26.9 Å². The highest BCUT2D eigenvalue weighted by atomic mass is 32.2. The molecule has 0 bridgehead atoms. The zero-order valence-corrected chi connectivity index (χ0v) is 15.3. The molecule has 0 atom stereocenters. The van der Waals surface area contributed by atoms with Gasteiger partial charge in [-0.15, -0.1) is 0 Å². The van der Waals surface area contributed by atoms with Crippen molar-refractivity contribution in [3.05, 3.63) is 54.1 Å². The van der Waals surface area contributed by atoms with Gasteiger partial charge in [-0.05, 0) is 69.3 Å². The van der Waals surface area contributed by atoms with Crippen LogP contribution in [0.4, 0.5) is 11.4 Å². The SMILES string of the molecule is CCS(=O)(=O)Nc1ccc(C(=O)Nc2ccc(OC(C)C)cc2)cc1. The summed E-state index contributed by atoms with van der Waals surface area (Å²) in [4.78, 5) is 12.2. The fraction of sp³-hybridized carbons (Fsp3) is 0.278. The van der Waals surface area contributed by atoms with E-state index in [0.717, 1.165) is 5.75 Å².